The van der Waals surface area contributed by atoms with Crippen LogP contribution in [0.15, 0.2) is 30.3 Å². The predicted octanol–water partition coefficient (Wildman–Crippen LogP) is 5.39. The molecule has 0 spiro atoms. The van der Waals surface area contributed by atoms with Gasteiger partial charge in [-0.3, -0.25) is 0 Å². The Morgan fingerprint density at radius 2 is 1.89 bits per heavy atom. The zero-order valence-corrected chi connectivity index (χ0v) is 15.6. The van der Waals surface area contributed by atoms with Crippen molar-refractivity contribution in [2.45, 2.75) is 39.3 Å². The van der Waals surface area contributed by atoms with Crippen LogP contribution in [-0.2, 0) is 10.9 Å². The molecular weight excluding hydrogens is 371 g/mol. The molecule has 0 unspecified atom stereocenters. The molecule has 0 saturated carbocycles. The third-order valence-corrected chi connectivity index (χ3v) is 4.64. The predicted molar refractivity (Wildman–Crippen MR) is 98.7 cm³/mol. The van der Waals surface area contributed by atoms with E-state index in [4.69, 9.17) is 4.74 Å². The number of benzene rings is 1. The second-order valence-corrected chi connectivity index (χ2v) is 6.68. The van der Waals surface area contributed by atoms with Crippen LogP contribution in [0.1, 0.15) is 59.1 Å². The van der Waals surface area contributed by atoms with Crippen LogP contribution in [0.2, 0.25) is 0 Å². The maximum atomic E-state index is 13.4. The van der Waals surface area contributed by atoms with Crippen LogP contribution >= 0.6 is 0 Å². The molecule has 7 heteroatoms. The molecule has 0 atom stereocenters. The zero-order valence-electron chi connectivity index (χ0n) is 15.6. The lowest BCUT2D eigenvalue weighted by Crippen LogP contribution is -2.13. The summed E-state index contributed by atoms with van der Waals surface area (Å²) >= 11 is 0. The maximum Gasteiger partial charge on any atom is 0.416 e. The number of alkyl halides is 3. The van der Waals surface area contributed by atoms with Crippen molar-refractivity contribution in [2.24, 2.45) is 0 Å². The normalized spacial score (nSPS) is 14.5. The van der Waals surface area contributed by atoms with Crippen molar-refractivity contribution in [2.75, 3.05) is 6.61 Å². The minimum absolute atomic E-state index is 0.0389. The molecule has 148 valence electrons. The van der Waals surface area contributed by atoms with Crippen LogP contribution in [0.25, 0.3) is 11.1 Å². The molecule has 0 fully saturated rings. The SMILES string of the molecule is CCOC(=O)c1cc(C(F)(F)F)cc(C2=C(c3cc(C)ccc3O)CCC2)n1. The fourth-order valence-corrected chi connectivity index (χ4v) is 3.37. The molecule has 4 nitrogen and oxygen atoms in total. The van der Waals surface area contributed by atoms with Crippen LogP contribution in [0.5, 0.6) is 5.75 Å². The Labute approximate surface area is 160 Å². The second-order valence-electron chi connectivity index (χ2n) is 6.68. The van der Waals surface area contributed by atoms with E-state index in [0.29, 0.717) is 30.0 Å². The third kappa shape index (κ3) is 4.03. The third-order valence-electron chi connectivity index (χ3n) is 4.64. The maximum absolute atomic E-state index is 13.4. The largest absolute Gasteiger partial charge is 0.507 e. The van der Waals surface area contributed by atoms with E-state index in [1.165, 1.54) is 0 Å². The number of halogens is 3. The number of aromatic hydroxyl groups is 1. The number of aryl methyl sites for hydroxylation is 1. The Morgan fingerprint density at radius 1 is 1.18 bits per heavy atom. The van der Waals surface area contributed by atoms with Crippen LogP contribution in [0.4, 0.5) is 13.2 Å². The van der Waals surface area contributed by atoms with Crippen molar-refractivity contribution in [3.8, 4) is 5.75 Å². The molecule has 1 aromatic heterocycles. The summed E-state index contributed by atoms with van der Waals surface area (Å²) in [6.45, 7) is 3.49. The van der Waals surface area contributed by atoms with Gasteiger partial charge in [-0.15, -0.1) is 0 Å². The lowest BCUT2D eigenvalue weighted by Gasteiger charge is -2.14. The van der Waals surface area contributed by atoms with E-state index in [1.807, 2.05) is 6.92 Å². The molecule has 1 aliphatic rings. The van der Waals surface area contributed by atoms with Gasteiger partial charge in [0.25, 0.3) is 0 Å². The number of pyridine rings is 1. The summed E-state index contributed by atoms with van der Waals surface area (Å²) in [5.74, 6) is -0.828. The summed E-state index contributed by atoms with van der Waals surface area (Å²) < 4.78 is 45.0. The van der Waals surface area contributed by atoms with Gasteiger partial charge in [0.2, 0.25) is 0 Å². The van der Waals surface area contributed by atoms with Gasteiger partial charge in [-0.2, -0.15) is 13.2 Å². The van der Waals surface area contributed by atoms with Gasteiger partial charge in [-0.05, 0) is 68.5 Å². The first-order valence-electron chi connectivity index (χ1n) is 8.99. The van der Waals surface area contributed by atoms with Gasteiger partial charge in [0.05, 0.1) is 17.9 Å². The summed E-state index contributed by atoms with van der Waals surface area (Å²) in [5, 5.41) is 10.2. The molecule has 0 saturated heterocycles. The van der Waals surface area contributed by atoms with Gasteiger partial charge in [0, 0.05) is 5.56 Å². The van der Waals surface area contributed by atoms with Gasteiger partial charge in [0.1, 0.15) is 11.4 Å². The first-order chi connectivity index (χ1) is 13.2. The number of carbonyl (C=O) groups is 1. The molecular formula is C21H20F3NO3. The van der Waals surface area contributed by atoms with Gasteiger partial charge in [-0.1, -0.05) is 11.6 Å². The zero-order chi connectivity index (χ0) is 20.5. The average Bonchev–Trinajstić information content (AvgIpc) is 3.12. The molecule has 1 aromatic carbocycles. The first kappa shape index (κ1) is 19.9. The van der Waals surface area contributed by atoms with E-state index in [-0.39, 0.29) is 23.7 Å². The number of aromatic nitrogens is 1. The Kier molecular flexibility index (Phi) is 5.45. The molecule has 1 N–H and O–H groups in total. The molecule has 28 heavy (non-hydrogen) atoms. The van der Waals surface area contributed by atoms with Crippen molar-refractivity contribution in [3.05, 3.63) is 58.4 Å². The highest BCUT2D eigenvalue weighted by Crippen LogP contribution is 2.43. The number of rotatable bonds is 4. The number of carbonyl (C=O) groups excluding carboxylic acids is 1. The van der Waals surface area contributed by atoms with Gasteiger partial charge in [-0.25, -0.2) is 9.78 Å². The number of hydrogen-bond acceptors (Lipinski definition) is 4. The molecule has 3 rings (SSSR count). The van der Waals surface area contributed by atoms with Crippen molar-refractivity contribution in [3.63, 3.8) is 0 Å². The lowest BCUT2D eigenvalue weighted by molar-refractivity contribution is -0.137. The van der Waals surface area contributed by atoms with Crippen molar-refractivity contribution >= 4 is 17.1 Å². The van der Waals surface area contributed by atoms with Crippen LogP contribution in [0.3, 0.4) is 0 Å². The highest BCUT2D eigenvalue weighted by atomic mass is 19.4. The minimum Gasteiger partial charge on any atom is -0.507 e. The number of phenolic OH excluding ortho intramolecular Hbond substituents is 1. The van der Waals surface area contributed by atoms with Crippen LogP contribution in [-0.4, -0.2) is 22.7 Å². The first-order valence-corrected chi connectivity index (χ1v) is 8.99. The molecule has 0 bridgehead atoms. The number of nitrogens with zero attached hydrogens (tertiary/aromatic N) is 1. The molecule has 1 heterocycles. The monoisotopic (exact) mass is 391 g/mol. The van der Waals surface area contributed by atoms with E-state index in [9.17, 15) is 23.1 Å². The number of phenols is 1. The fraction of sp³-hybridized carbons (Fsp3) is 0.333. The van der Waals surface area contributed by atoms with Gasteiger partial charge >= 0.3 is 12.1 Å². The number of hydrogen-bond donors (Lipinski definition) is 1. The average molecular weight is 391 g/mol. The standard InChI is InChI=1S/C21H20F3NO3/c1-3-28-20(27)18-11-13(21(22,23)24)10-17(25-18)15-6-4-5-14(15)16-9-12(2)7-8-19(16)26/h7-11,26H,3-6H2,1-2H3. The molecule has 2 aromatic rings. The van der Waals surface area contributed by atoms with E-state index in [1.54, 1.807) is 25.1 Å². The Balaban J connectivity index is 2.19. The molecule has 0 aliphatic heterocycles. The highest BCUT2D eigenvalue weighted by Gasteiger charge is 2.33. The quantitative estimate of drug-likeness (QED) is 0.711. The van der Waals surface area contributed by atoms with Crippen LogP contribution in [0, 0.1) is 6.92 Å². The van der Waals surface area contributed by atoms with Crippen molar-refractivity contribution in [1.82, 2.24) is 4.98 Å². The second kappa shape index (κ2) is 7.66. The Bertz CT molecular complexity index is 948. The summed E-state index contributed by atoms with van der Waals surface area (Å²) in [7, 11) is 0. The van der Waals surface area contributed by atoms with Crippen molar-refractivity contribution in [1.29, 1.82) is 0 Å². The van der Waals surface area contributed by atoms with Crippen LogP contribution < -0.4 is 0 Å². The molecule has 1 aliphatic carbocycles. The highest BCUT2D eigenvalue weighted by molar-refractivity contribution is 5.95. The smallest absolute Gasteiger partial charge is 0.416 e. The van der Waals surface area contributed by atoms with E-state index in [0.717, 1.165) is 23.6 Å². The fourth-order valence-electron chi connectivity index (χ4n) is 3.37. The summed E-state index contributed by atoms with van der Waals surface area (Å²) in [6, 6.07) is 6.79. The number of allylic oxidation sites excluding steroid dienone is 2. The lowest BCUT2D eigenvalue weighted by atomic mass is 9.97. The summed E-state index contributed by atoms with van der Waals surface area (Å²) in [6.07, 6.45) is -2.77. The molecule has 0 amide bonds. The topological polar surface area (TPSA) is 59.4 Å². The van der Waals surface area contributed by atoms with Gasteiger partial charge < -0.3 is 9.84 Å². The van der Waals surface area contributed by atoms with E-state index in [2.05, 4.69) is 4.98 Å². The Hall–Kier alpha value is -2.83. The summed E-state index contributed by atoms with van der Waals surface area (Å²) in [4.78, 5) is 16.2. The number of ether oxygens (including phenoxy) is 1. The minimum atomic E-state index is -4.62. The van der Waals surface area contributed by atoms with Crippen molar-refractivity contribution < 1.29 is 27.8 Å². The van der Waals surface area contributed by atoms with E-state index >= 15 is 0 Å². The Morgan fingerprint density at radius 3 is 2.57 bits per heavy atom. The number of esters is 1. The van der Waals surface area contributed by atoms with Gasteiger partial charge in [0.15, 0.2) is 0 Å². The van der Waals surface area contributed by atoms with E-state index < -0.39 is 17.7 Å². The molecule has 0 radical (unpaired) electrons. The summed E-state index contributed by atoms with van der Waals surface area (Å²) in [5.41, 5.74) is 1.64.